The summed E-state index contributed by atoms with van der Waals surface area (Å²) in [5.41, 5.74) is 0. The largest absolute Gasteiger partial charge is 0.482 e. The highest BCUT2D eigenvalue weighted by molar-refractivity contribution is 5.89. The highest BCUT2D eigenvalue weighted by Gasteiger charge is 2.24. The summed E-state index contributed by atoms with van der Waals surface area (Å²) in [6.45, 7) is 0. The van der Waals surface area contributed by atoms with Crippen LogP contribution < -0.4 is 4.74 Å². The molecule has 2 aromatic rings. The SMILES string of the molecule is O=C1CCCC[C@H]1Oc1cccc2ccccc12. The van der Waals surface area contributed by atoms with E-state index in [1.807, 2.05) is 30.3 Å². The van der Waals surface area contributed by atoms with Crippen LogP contribution in [0.4, 0.5) is 0 Å². The van der Waals surface area contributed by atoms with Crippen molar-refractivity contribution in [2.75, 3.05) is 0 Å². The number of hydrogen-bond acceptors (Lipinski definition) is 2. The molecule has 18 heavy (non-hydrogen) atoms. The molecule has 0 saturated heterocycles. The van der Waals surface area contributed by atoms with Crippen LogP contribution in [0.25, 0.3) is 10.8 Å². The first-order chi connectivity index (χ1) is 8.84. The van der Waals surface area contributed by atoms with E-state index >= 15 is 0 Å². The minimum Gasteiger partial charge on any atom is -0.482 e. The van der Waals surface area contributed by atoms with Gasteiger partial charge in [0.25, 0.3) is 0 Å². The molecule has 3 rings (SSSR count). The van der Waals surface area contributed by atoms with Crippen LogP contribution in [-0.2, 0) is 4.79 Å². The van der Waals surface area contributed by atoms with Gasteiger partial charge in [-0.1, -0.05) is 36.4 Å². The number of carbonyl (C=O) groups excluding carboxylic acids is 1. The summed E-state index contributed by atoms with van der Waals surface area (Å²) in [5.74, 6) is 1.07. The van der Waals surface area contributed by atoms with Crippen molar-refractivity contribution in [1.82, 2.24) is 0 Å². The standard InChI is InChI=1S/C16H16O2/c17-14-9-3-4-10-16(14)18-15-11-5-7-12-6-1-2-8-13(12)15/h1-2,5-8,11,16H,3-4,9-10H2/t16-/m1/s1. The third kappa shape index (κ3) is 2.10. The Balaban J connectivity index is 1.92. The molecule has 1 aliphatic carbocycles. The fraction of sp³-hybridized carbons (Fsp3) is 0.312. The molecule has 0 amide bonds. The normalized spacial score (nSPS) is 20.0. The van der Waals surface area contributed by atoms with Crippen molar-refractivity contribution < 1.29 is 9.53 Å². The van der Waals surface area contributed by atoms with E-state index in [2.05, 4.69) is 12.1 Å². The van der Waals surface area contributed by atoms with E-state index in [4.69, 9.17) is 4.74 Å². The topological polar surface area (TPSA) is 26.3 Å². The molecule has 0 heterocycles. The first kappa shape index (κ1) is 11.3. The molecule has 0 aromatic heterocycles. The van der Waals surface area contributed by atoms with E-state index in [0.29, 0.717) is 6.42 Å². The lowest BCUT2D eigenvalue weighted by atomic mass is 9.96. The van der Waals surface area contributed by atoms with Gasteiger partial charge < -0.3 is 4.74 Å². The molecule has 1 atom stereocenters. The van der Waals surface area contributed by atoms with Crippen LogP contribution in [0.15, 0.2) is 42.5 Å². The minimum absolute atomic E-state index is 0.245. The first-order valence-corrected chi connectivity index (χ1v) is 6.52. The van der Waals surface area contributed by atoms with Crippen LogP contribution in [0.1, 0.15) is 25.7 Å². The lowest BCUT2D eigenvalue weighted by Crippen LogP contribution is -2.30. The van der Waals surface area contributed by atoms with Crippen molar-refractivity contribution in [3.8, 4) is 5.75 Å². The van der Waals surface area contributed by atoms with Crippen molar-refractivity contribution >= 4 is 16.6 Å². The van der Waals surface area contributed by atoms with Crippen molar-refractivity contribution in [2.24, 2.45) is 0 Å². The van der Waals surface area contributed by atoms with Gasteiger partial charge in [-0.2, -0.15) is 0 Å². The van der Waals surface area contributed by atoms with Crippen LogP contribution in [0.2, 0.25) is 0 Å². The molecule has 2 nitrogen and oxygen atoms in total. The highest BCUT2D eigenvalue weighted by Crippen LogP contribution is 2.28. The van der Waals surface area contributed by atoms with Gasteiger partial charge in [0.05, 0.1) is 0 Å². The van der Waals surface area contributed by atoms with Gasteiger partial charge in [0.2, 0.25) is 0 Å². The average Bonchev–Trinajstić information content (AvgIpc) is 2.42. The maximum atomic E-state index is 11.8. The van der Waals surface area contributed by atoms with Crippen LogP contribution in [-0.4, -0.2) is 11.9 Å². The zero-order valence-electron chi connectivity index (χ0n) is 10.3. The van der Waals surface area contributed by atoms with Gasteiger partial charge in [0.1, 0.15) is 5.75 Å². The molecule has 1 fully saturated rings. The summed E-state index contributed by atoms with van der Waals surface area (Å²) in [6, 6.07) is 14.1. The number of hydrogen-bond donors (Lipinski definition) is 0. The van der Waals surface area contributed by atoms with Gasteiger partial charge in [-0.05, 0) is 30.7 Å². The average molecular weight is 240 g/mol. The van der Waals surface area contributed by atoms with Gasteiger partial charge in [-0.25, -0.2) is 0 Å². The zero-order chi connectivity index (χ0) is 12.4. The molecule has 0 N–H and O–H groups in total. The molecule has 92 valence electrons. The molecule has 2 heteroatoms. The van der Waals surface area contributed by atoms with E-state index in [-0.39, 0.29) is 11.9 Å². The van der Waals surface area contributed by atoms with E-state index in [1.165, 1.54) is 0 Å². The summed E-state index contributed by atoms with van der Waals surface area (Å²) in [7, 11) is 0. The number of carbonyl (C=O) groups is 1. The molecule has 0 bridgehead atoms. The Morgan fingerprint density at radius 2 is 1.83 bits per heavy atom. The predicted molar refractivity (Wildman–Crippen MR) is 71.8 cm³/mol. The van der Waals surface area contributed by atoms with Crippen LogP contribution >= 0.6 is 0 Å². The molecule has 2 aromatic carbocycles. The number of Topliss-reactive ketones (excluding diaryl/α,β-unsaturated/α-hetero) is 1. The van der Waals surface area contributed by atoms with Crippen molar-refractivity contribution in [3.63, 3.8) is 0 Å². The Labute approximate surface area is 107 Å². The van der Waals surface area contributed by atoms with Crippen LogP contribution in [0.5, 0.6) is 5.75 Å². The lowest BCUT2D eigenvalue weighted by molar-refractivity contribution is -0.127. The van der Waals surface area contributed by atoms with Crippen molar-refractivity contribution in [3.05, 3.63) is 42.5 Å². The Kier molecular flexibility index (Phi) is 3.01. The third-order valence-electron chi connectivity index (χ3n) is 3.52. The second-order valence-corrected chi connectivity index (χ2v) is 4.80. The molecule has 0 radical (unpaired) electrons. The number of ketones is 1. The molecular formula is C16H16O2. The summed E-state index contributed by atoms with van der Waals surface area (Å²) < 4.78 is 5.93. The Morgan fingerprint density at radius 1 is 1.00 bits per heavy atom. The fourth-order valence-corrected chi connectivity index (χ4v) is 2.53. The molecular weight excluding hydrogens is 224 g/mol. The van der Waals surface area contributed by atoms with Crippen molar-refractivity contribution in [1.29, 1.82) is 0 Å². The monoisotopic (exact) mass is 240 g/mol. The summed E-state index contributed by atoms with van der Waals surface area (Å²) in [6.07, 6.45) is 3.36. The molecule has 1 saturated carbocycles. The molecule has 0 spiro atoms. The fourth-order valence-electron chi connectivity index (χ4n) is 2.53. The van der Waals surface area contributed by atoms with Crippen LogP contribution in [0.3, 0.4) is 0 Å². The molecule has 1 aliphatic rings. The van der Waals surface area contributed by atoms with E-state index in [0.717, 1.165) is 35.8 Å². The Hall–Kier alpha value is -1.83. The molecule has 0 aliphatic heterocycles. The number of rotatable bonds is 2. The van der Waals surface area contributed by atoms with Gasteiger partial charge in [0, 0.05) is 11.8 Å². The first-order valence-electron chi connectivity index (χ1n) is 6.52. The Morgan fingerprint density at radius 3 is 2.72 bits per heavy atom. The zero-order valence-corrected chi connectivity index (χ0v) is 10.3. The van der Waals surface area contributed by atoms with Crippen molar-refractivity contribution in [2.45, 2.75) is 31.8 Å². The van der Waals surface area contributed by atoms with Gasteiger partial charge in [-0.15, -0.1) is 0 Å². The predicted octanol–water partition coefficient (Wildman–Crippen LogP) is 3.73. The second kappa shape index (κ2) is 4.81. The number of fused-ring (bicyclic) bond motifs is 1. The summed E-state index contributed by atoms with van der Waals surface area (Å²) in [5, 5.41) is 2.23. The van der Waals surface area contributed by atoms with Gasteiger partial charge in [0.15, 0.2) is 11.9 Å². The third-order valence-corrected chi connectivity index (χ3v) is 3.52. The second-order valence-electron chi connectivity index (χ2n) is 4.80. The highest BCUT2D eigenvalue weighted by atomic mass is 16.5. The van der Waals surface area contributed by atoms with Gasteiger partial charge in [-0.3, -0.25) is 4.79 Å². The van der Waals surface area contributed by atoms with E-state index < -0.39 is 0 Å². The maximum Gasteiger partial charge on any atom is 0.173 e. The summed E-state index contributed by atoms with van der Waals surface area (Å²) >= 11 is 0. The van der Waals surface area contributed by atoms with E-state index in [9.17, 15) is 4.79 Å². The summed E-state index contributed by atoms with van der Waals surface area (Å²) in [4.78, 5) is 11.8. The maximum absolute atomic E-state index is 11.8. The minimum atomic E-state index is -0.246. The number of benzene rings is 2. The van der Waals surface area contributed by atoms with Crippen LogP contribution in [0, 0.1) is 0 Å². The van der Waals surface area contributed by atoms with E-state index in [1.54, 1.807) is 0 Å². The van der Waals surface area contributed by atoms with Gasteiger partial charge >= 0.3 is 0 Å². The lowest BCUT2D eigenvalue weighted by Gasteiger charge is -2.22. The molecule has 0 unspecified atom stereocenters. The smallest absolute Gasteiger partial charge is 0.173 e. The quantitative estimate of drug-likeness (QED) is 0.799. The Bertz CT molecular complexity index is 569. The number of ether oxygens (including phenoxy) is 1.